The molecule has 0 heterocycles. The Hall–Kier alpha value is -2.33. The molecule has 0 saturated heterocycles. The highest BCUT2D eigenvalue weighted by molar-refractivity contribution is 5.94. The van der Waals surface area contributed by atoms with E-state index in [0.717, 1.165) is 25.3 Å². The lowest BCUT2D eigenvalue weighted by molar-refractivity contribution is 0.0953. The molecular weight excluding hydrogens is 276 g/mol. The molecule has 0 atom stereocenters. The summed E-state index contributed by atoms with van der Waals surface area (Å²) in [4.78, 5) is 12.1. The normalized spacial score (nSPS) is 10.2. The van der Waals surface area contributed by atoms with Gasteiger partial charge >= 0.3 is 0 Å². The van der Waals surface area contributed by atoms with Crippen molar-refractivity contribution in [2.24, 2.45) is 0 Å². The van der Waals surface area contributed by atoms with Gasteiger partial charge in [0, 0.05) is 18.7 Å². The lowest BCUT2D eigenvalue weighted by atomic mass is 10.2. The molecule has 2 rings (SSSR count). The first kappa shape index (κ1) is 16.0. The van der Waals surface area contributed by atoms with Gasteiger partial charge in [-0.2, -0.15) is 0 Å². The van der Waals surface area contributed by atoms with Crippen LogP contribution in [0.5, 0.6) is 11.5 Å². The highest BCUT2D eigenvalue weighted by Gasteiger charge is 2.06. The molecule has 0 aliphatic carbocycles. The first-order chi connectivity index (χ1) is 10.8. The Labute approximate surface area is 131 Å². The van der Waals surface area contributed by atoms with Gasteiger partial charge in [-0.3, -0.25) is 4.79 Å². The molecule has 0 aliphatic rings. The van der Waals surface area contributed by atoms with Gasteiger partial charge in [-0.25, -0.2) is 0 Å². The highest BCUT2D eigenvalue weighted by Crippen LogP contribution is 2.21. The number of nitrogens with one attached hydrogen (secondary N) is 2. The summed E-state index contributed by atoms with van der Waals surface area (Å²) in [5, 5.41) is 6.14. The molecule has 0 unspecified atom stereocenters. The second-order valence-corrected chi connectivity index (χ2v) is 4.95. The predicted octanol–water partition coefficient (Wildman–Crippen LogP) is 3.21. The van der Waals surface area contributed by atoms with Crippen LogP contribution in [-0.2, 0) is 0 Å². The molecule has 2 N–H and O–H groups in total. The number of rotatable bonds is 8. The number of amides is 1. The molecule has 0 saturated carbocycles. The lowest BCUT2D eigenvalue weighted by Gasteiger charge is -2.09. The zero-order chi connectivity index (χ0) is 15.6. The number of benzene rings is 2. The molecule has 4 nitrogen and oxygen atoms in total. The van der Waals surface area contributed by atoms with Gasteiger partial charge in [0.2, 0.25) is 0 Å². The van der Waals surface area contributed by atoms with Crippen molar-refractivity contribution >= 4 is 5.91 Å². The van der Waals surface area contributed by atoms with Crippen LogP contribution in [0.15, 0.2) is 54.6 Å². The van der Waals surface area contributed by atoms with Gasteiger partial charge in [-0.15, -0.1) is 0 Å². The maximum absolute atomic E-state index is 12.1. The number of para-hydroxylation sites is 1. The molecule has 0 aromatic heterocycles. The summed E-state index contributed by atoms with van der Waals surface area (Å²) >= 11 is 0. The largest absolute Gasteiger partial charge is 0.457 e. The van der Waals surface area contributed by atoms with E-state index >= 15 is 0 Å². The van der Waals surface area contributed by atoms with Crippen molar-refractivity contribution in [2.45, 2.75) is 13.3 Å². The standard InChI is InChI=1S/C18H22N2O2/c1-2-11-19-12-13-20-18(21)15-7-6-10-17(14-15)22-16-8-4-3-5-9-16/h3-10,14,19H,2,11-13H2,1H3,(H,20,21). The predicted molar refractivity (Wildman–Crippen MR) is 88.5 cm³/mol. The molecule has 2 aromatic rings. The molecule has 0 aliphatic heterocycles. The van der Waals surface area contributed by atoms with Crippen LogP contribution in [0.25, 0.3) is 0 Å². The van der Waals surface area contributed by atoms with E-state index in [2.05, 4.69) is 17.6 Å². The summed E-state index contributed by atoms with van der Waals surface area (Å²) in [6.07, 6.45) is 1.09. The first-order valence-corrected chi connectivity index (χ1v) is 7.61. The summed E-state index contributed by atoms with van der Waals surface area (Å²) in [6, 6.07) is 16.7. The van der Waals surface area contributed by atoms with Crippen LogP contribution < -0.4 is 15.4 Å². The number of carbonyl (C=O) groups is 1. The van der Waals surface area contributed by atoms with Crippen molar-refractivity contribution in [2.75, 3.05) is 19.6 Å². The minimum absolute atomic E-state index is 0.0863. The fourth-order valence-corrected chi connectivity index (χ4v) is 1.99. The Balaban J connectivity index is 1.89. The lowest BCUT2D eigenvalue weighted by Crippen LogP contribution is -2.32. The van der Waals surface area contributed by atoms with Crippen LogP contribution in [0, 0.1) is 0 Å². The molecule has 0 radical (unpaired) electrons. The van der Waals surface area contributed by atoms with Crippen molar-refractivity contribution in [3.8, 4) is 11.5 Å². The van der Waals surface area contributed by atoms with Gasteiger partial charge in [0.05, 0.1) is 0 Å². The number of hydrogen-bond donors (Lipinski definition) is 2. The SMILES string of the molecule is CCCNCCNC(=O)c1cccc(Oc2ccccc2)c1. The zero-order valence-corrected chi connectivity index (χ0v) is 12.8. The molecular formula is C18H22N2O2. The van der Waals surface area contributed by atoms with Crippen LogP contribution in [0.1, 0.15) is 23.7 Å². The van der Waals surface area contributed by atoms with Gasteiger partial charge in [0.1, 0.15) is 11.5 Å². The Morgan fingerprint density at radius 3 is 2.50 bits per heavy atom. The number of ether oxygens (including phenoxy) is 1. The number of hydrogen-bond acceptors (Lipinski definition) is 3. The van der Waals surface area contributed by atoms with Crippen molar-refractivity contribution in [3.63, 3.8) is 0 Å². The summed E-state index contributed by atoms with van der Waals surface area (Å²) in [6.45, 7) is 4.47. The fourth-order valence-electron chi connectivity index (χ4n) is 1.99. The van der Waals surface area contributed by atoms with Crippen molar-refractivity contribution in [1.82, 2.24) is 10.6 Å². The molecule has 1 amide bonds. The maximum atomic E-state index is 12.1. The highest BCUT2D eigenvalue weighted by atomic mass is 16.5. The quantitative estimate of drug-likeness (QED) is 0.736. The molecule has 0 spiro atoms. The van der Waals surface area contributed by atoms with E-state index in [0.29, 0.717) is 17.9 Å². The summed E-state index contributed by atoms with van der Waals surface area (Å²) in [5.41, 5.74) is 0.601. The van der Waals surface area contributed by atoms with Gasteiger partial charge in [-0.1, -0.05) is 31.2 Å². The summed E-state index contributed by atoms with van der Waals surface area (Å²) in [5.74, 6) is 1.32. The van der Waals surface area contributed by atoms with E-state index in [1.165, 1.54) is 0 Å². The average molecular weight is 298 g/mol. The van der Waals surface area contributed by atoms with E-state index < -0.39 is 0 Å². The van der Waals surface area contributed by atoms with E-state index in [-0.39, 0.29) is 5.91 Å². The fraction of sp³-hybridized carbons (Fsp3) is 0.278. The minimum atomic E-state index is -0.0863. The van der Waals surface area contributed by atoms with Crippen LogP contribution in [0.2, 0.25) is 0 Å². The van der Waals surface area contributed by atoms with Crippen LogP contribution in [-0.4, -0.2) is 25.5 Å². The second-order valence-electron chi connectivity index (χ2n) is 4.95. The van der Waals surface area contributed by atoms with Crippen molar-refractivity contribution in [3.05, 3.63) is 60.2 Å². The summed E-state index contributed by atoms with van der Waals surface area (Å²) in [7, 11) is 0. The van der Waals surface area contributed by atoms with Crippen LogP contribution in [0.3, 0.4) is 0 Å². The average Bonchev–Trinajstić information content (AvgIpc) is 2.56. The van der Waals surface area contributed by atoms with Crippen LogP contribution in [0.4, 0.5) is 0 Å². The Morgan fingerprint density at radius 1 is 0.955 bits per heavy atom. The molecule has 4 heteroatoms. The van der Waals surface area contributed by atoms with Crippen LogP contribution >= 0.6 is 0 Å². The zero-order valence-electron chi connectivity index (χ0n) is 12.8. The Kier molecular flexibility index (Phi) is 6.45. The number of carbonyl (C=O) groups excluding carboxylic acids is 1. The molecule has 22 heavy (non-hydrogen) atoms. The van der Waals surface area contributed by atoms with Crippen molar-refractivity contribution in [1.29, 1.82) is 0 Å². The molecule has 0 bridgehead atoms. The van der Waals surface area contributed by atoms with Crippen molar-refractivity contribution < 1.29 is 9.53 Å². The smallest absolute Gasteiger partial charge is 0.251 e. The van der Waals surface area contributed by atoms with Gasteiger partial charge in [0.25, 0.3) is 5.91 Å². The van der Waals surface area contributed by atoms with Gasteiger partial charge < -0.3 is 15.4 Å². The monoisotopic (exact) mass is 298 g/mol. The maximum Gasteiger partial charge on any atom is 0.251 e. The third-order valence-electron chi connectivity index (χ3n) is 3.09. The molecule has 0 fully saturated rings. The topological polar surface area (TPSA) is 50.4 Å². The summed E-state index contributed by atoms with van der Waals surface area (Å²) < 4.78 is 5.73. The van der Waals surface area contributed by atoms with E-state index in [4.69, 9.17) is 4.74 Å². The minimum Gasteiger partial charge on any atom is -0.457 e. The third-order valence-corrected chi connectivity index (χ3v) is 3.09. The molecule has 116 valence electrons. The van der Waals surface area contributed by atoms with Gasteiger partial charge in [-0.05, 0) is 43.3 Å². The van der Waals surface area contributed by atoms with E-state index in [1.807, 2.05) is 42.5 Å². The molecule has 2 aromatic carbocycles. The first-order valence-electron chi connectivity index (χ1n) is 7.61. The van der Waals surface area contributed by atoms with Gasteiger partial charge in [0.15, 0.2) is 0 Å². The third kappa shape index (κ3) is 5.22. The Morgan fingerprint density at radius 2 is 1.73 bits per heavy atom. The van der Waals surface area contributed by atoms with E-state index in [1.54, 1.807) is 12.1 Å². The second kappa shape index (κ2) is 8.85. The Bertz CT molecular complexity index is 585. The van der Waals surface area contributed by atoms with E-state index in [9.17, 15) is 4.79 Å².